The number of rotatable bonds is 4. The fourth-order valence-electron chi connectivity index (χ4n) is 2.15. The van der Waals surface area contributed by atoms with Crippen LogP contribution in [0.5, 0.6) is 11.5 Å². The van der Waals surface area contributed by atoms with Gasteiger partial charge in [-0.3, -0.25) is 0 Å². The Hall–Kier alpha value is -1.81. The summed E-state index contributed by atoms with van der Waals surface area (Å²) in [6, 6.07) is 7.38. The Morgan fingerprint density at radius 1 is 1.00 bits per heavy atom. The maximum absolute atomic E-state index is 13.9. The fraction of sp³-hybridized carbons (Fsp3) is 0.250. The second-order valence-corrected chi connectivity index (χ2v) is 5.01. The zero-order chi connectivity index (χ0) is 15.6. The molecule has 0 radical (unpaired) electrons. The molecule has 0 spiro atoms. The second-order valence-electron chi connectivity index (χ2n) is 4.57. The van der Waals surface area contributed by atoms with Crippen molar-refractivity contribution in [3.05, 3.63) is 58.7 Å². The molecule has 0 bridgehead atoms. The van der Waals surface area contributed by atoms with Crippen molar-refractivity contribution in [1.82, 2.24) is 0 Å². The molecule has 0 aliphatic heterocycles. The number of benzene rings is 2. The average molecular weight is 313 g/mol. The lowest BCUT2D eigenvalue weighted by Crippen LogP contribution is -2.03. The third-order valence-corrected chi connectivity index (χ3v) is 3.77. The van der Waals surface area contributed by atoms with Crippen molar-refractivity contribution in [2.75, 3.05) is 14.2 Å². The van der Waals surface area contributed by atoms with Crippen LogP contribution in [0, 0.1) is 18.6 Å². The highest BCUT2D eigenvalue weighted by atomic mass is 35.5. The lowest BCUT2D eigenvalue weighted by atomic mass is 9.98. The Kier molecular flexibility index (Phi) is 4.68. The summed E-state index contributed by atoms with van der Waals surface area (Å²) in [5, 5.41) is -0.819. The number of methoxy groups -OCH3 is 2. The van der Waals surface area contributed by atoms with Gasteiger partial charge in [0.05, 0.1) is 19.6 Å². The highest BCUT2D eigenvalue weighted by Gasteiger charge is 2.21. The van der Waals surface area contributed by atoms with Crippen LogP contribution < -0.4 is 9.47 Å². The highest BCUT2D eigenvalue weighted by molar-refractivity contribution is 6.22. The first kappa shape index (κ1) is 15.6. The Morgan fingerprint density at radius 2 is 1.62 bits per heavy atom. The molecule has 2 rings (SSSR count). The van der Waals surface area contributed by atoms with Crippen LogP contribution in [0.1, 0.15) is 22.1 Å². The molecule has 1 atom stereocenters. The van der Waals surface area contributed by atoms with Crippen molar-refractivity contribution in [3.63, 3.8) is 0 Å². The normalized spacial score (nSPS) is 12.1. The monoisotopic (exact) mass is 312 g/mol. The minimum atomic E-state index is -0.938. The van der Waals surface area contributed by atoms with Gasteiger partial charge in [0.1, 0.15) is 0 Å². The molecule has 0 aromatic heterocycles. The topological polar surface area (TPSA) is 18.5 Å². The average Bonchev–Trinajstić information content (AvgIpc) is 2.49. The van der Waals surface area contributed by atoms with E-state index in [9.17, 15) is 8.78 Å². The molecule has 0 heterocycles. The number of hydrogen-bond acceptors (Lipinski definition) is 2. The SMILES string of the molecule is COc1cc(C)c(C(Cl)c2cccc(F)c2F)cc1OC. The summed E-state index contributed by atoms with van der Waals surface area (Å²) in [7, 11) is 3.03. The van der Waals surface area contributed by atoms with Gasteiger partial charge in [-0.25, -0.2) is 8.78 Å². The van der Waals surface area contributed by atoms with Gasteiger partial charge in [-0.2, -0.15) is 0 Å². The molecule has 0 aliphatic rings. The van der Waals surface area contributed by atoms with E-state index in [2.05, 4.69) is 0 Å². The molecule has 2 aromatic rings. The molecule has 21 heavy (non-hydrogen) atoms. The van der Waals surface area contributed by atoms with Crippen molar-refractivity contribution < 1.29 is 18.3 Å². The molecule has 0 fully saturated rings. The van der Waals surface area contributed by atoms with E-state index in [4.69, 9.17) is 21.1 Å². The van der Waals surface area contributed by atoms with E-state index in [0.29, 0.717) is 17.1 Å². The lowest BCUT2D eigenvalue weighted by Gasteiger charge is -2.17. The van der Waals surface area contributed by atoms with Gasteiger partial charge in [-0.15, -0.1) is 11.6 Å². The molecule has 2 aromatic carbocycles. The summed E-state index contributed by atoms with van der Waals surface area (Å²) in [4.78, 5) is 0. The highest BCUT2D eigenvalue weighted by Crippen LogP contribution is 2.38. The van der Waals surface area contributed by atoms with Crippen LogP contribution in [0.15, 0.2) is 30.3 Å². The largest absolute Gasteiger partial charge is 0.493 e. The van der Waals surface area contributed by atoms with E-state index < -0.39 is 17.0 Å². The summed E-state index contributed by atoms with van der Waals surface area (Å²) in [6.07, 6.45) is 0. The molecule has 2 nitrogen and oxygen atoms in total. The van der Waals surface area contributed by atoms with E-state index in [1.54, 1.807) is 12.1 Å². The van der Waals surface area contributed by atoms with Gasteiger partial charge in [0, 0.05) is 5.56 Å². The van der Waals surface area contributed by atoms with Gasteiger partial charge in [0.2, 0.25) is 0 Å². The molecule has 0 N–H and O–H groups in total. The summed E-state index contributed by atoms with van der Waals surface area (Å²) < 4.78 is 37.6. The van der Waals surface area contributed by atoms with Crippen LogP contribution in [0.3, 0.4) is 0 Å². The first-order valence-corrected chi connectivity index (χ1v) is 6.73. The van der Waals surface area contributed by atoms with Crippen molar-refractivity contribution in [3.8, 4) is 11.5 Å². The smallest absolute Gasteiger partial charge is 0.163 e. The van der Waals surface area contributed by atoms with E-state index in [-0.39, 0.29) is 5.56 Å². The Labute approximate surface area is 127 Å². The maximum atomic E-state index is 13.9. The summed E-state index contributed by atoms with van der Waals surface area (Å²) in [6.45, 7) is 1.82. The van der Waals surface area contributed by atoms with Gasteiger partial charge in [0.15, 0.2) is 23.1 Å². The van der Waals surface area contributed by atoms with Gasteiger partial charge in [-0.1, -0.05) is 12.1 Å². The predicted molar refractivity (Wildman–Crippen MR) is 78.3 cm³/mol. The fourth-order valence-corrected chi connectivity index (χ4v) is 2.56. The molecule has 112 valence electrons. The third-order valence-electron chi connectivity index (χ3n) is 3.30. The van der Waals surface area contributed by atoms with Crippen molar-refractivity contribution in [2.45, 2.75) is 12.3 Å². The zero-order valence-corrected chi connectivity index (χ0v) is 12.7. The van der Waals surface area contributed by atoms with Crippen molar-refractivity contribution in [1.29, 1.82) is 0 Å². The lowest BCUT2D eigenvalue weighted by molar-refractivity contribution is 0.354. The molecular weight excluding hydrogens is 298 g/mol. The van der Waals surface area contributed by atoms with Crippen molar-refractivity contribution >= 4 is 11.6 Å². The van der Waals surface area contributed by atoms with Gasteiger partial charge < -0.3 is 9.47 Å². The van der Waals surface area contributed by atoms with Crippen LogP contribution in [0.2, 0.25) is 0 Å². The van der Waals surface area contributed by atoms with Crippen molar-refractivity contribution in [2.24, 2.45) is 0 Å². The predicted octanol–water partition coefficient (Wildman–Crippen LogP) is 4.62. The number of hydrogen-bond donors (Lipinski definition) is 0. The number of alkyl halides is 1. The number of ether oxygens (including phenoxy) is 2. The molecule has 0 amide bonds. The van der Waals surface area contributed by atoms with E-state index >= 15 is 0 Å². The van der Waals surface area contributed by atoms with Gasteiger partial charge in [-0.05, 0) is 36.2 Å². The minimum absolute atomic E-state index is 0.0898. The maximum Gasteiger partial charge on any atom is 0.163 e. The van der Waals surface area contributed by atoms with Crippen LogP contribution >= 0.6 is 11.6 Å². The number of aryl methyl sites for hydroxylation is 1. The van der Waals surface area contributed by atoms with E-state index in [1.807, 2.05) is 6.92 Å². The molecule has 0 saturated carbocycles. The Balaban J connectivity index is 2.53. The van der Waals surface area contributed by atoms with E-state index in [1.165, 1.54) is 26.4 Å². The van der Waals surface area contributed by atoms with Crippen LogP contribution in [-0.2, 0) is 0 Å². The zero-order valence-electron chi connectivity index (χ0n) is 11.9. The second kappa shape index (κ2) is 6.31. The van der Waals surface area contributed by atoms with Crippen LogP contribution in [0.25, 0.3) is 0 Å². The van der Waals surface area contributed by atoms with E-state index in [0.717, 1.165) is 11.6 Å². The van der Waals surface area contributed by atoms with Crippen LogP contribution in [-0.4, -0.2) is 14.2 Å². The Bertz CT molecular complexity index is 659. The van der Waals surface area contributed by atoms with Gasteiger partial charge >= 0.3 is 0 Å². The molecule has 5 heteroatoms. The summed E-state index contributed by atoms with van der Waals surface area (Å²) >= 11 is 6.34. The Morgan fingerprint density at radius 3 is 2.24 bits per heavy atom. The minimum Gasteiger partial charge on any atom is -0.493 e. The first-order chi connectivity index (χ1) is 9.99. The van der Waals surface area contributed by atoms with Crippen LogP contribution in [0.4, 0.5) is 8.78 Å². The standard InChI is InChI=1S/C16H15ClF2O2/c1-9-7-13(20-2)14(21-3)8-11(9)15(17)10-5-4-6-12(18)16(10)19/h4-8,15H,1-3H3. The third kappa shape index (κ3) is 2.95. The molecule has 1 unspecified atom stereocenters. The summed E-state index contributed by atoms with van der Waals surface area (Å²) in [5.74, 6) is -0.814. The quantitative estimate of drug-likeness (QED) is 0.767. The summed E-state index contributed by atoms with van der Waals surface area (Å²) in [5.41, 5.74) is 1.53. The molecular formula is C16H15ClF2O2. The molecule has 0 saturated heterocycles. The van der Waals surface area contributed by atoms with Gasteiger partial charge in [0.25, 0.3) is 0 Å². The molecule has 0 aliphatic carbocycles. The number of halogens is 3. The first-order valence-electron chi connectivity index (χ1n) is 6.30.